The average molecular weight is 399 g/mol. The van der Waals surface area contributed by atoms with Gasteiger partial charge in [0, 0.05) is 12.1 Å². The number of hydrogen-bond acceptors (Lipinski definition) is 3. The van der Waals surface area contributed by atoms with Gasteiger partial charge in [0.1, 0.15) is 0 Å². The Morgan fingerprint density at radius 3 is 2.54 bits per heavy atom. The van der Waals surface area contributed by atoms with Crippen LogP contribution in [0, 0.1) is 13.8 Å². The van der Waals surface area contributed by atoms with Gasteiger partial charge in [-0.2, -0.15) is 0 Å². The minimum atomic E-state index is -3.80. The first-order valence-electron chi connectivity index (χ1n) is 9.52. The molecule has 28 heavy (non-hydrogen) atoms. The zero-order chi connectivity index (χ0) is 20.1. The van der Waals surface area contributed by atoms with Gasteiger partial charge in [-0.05, 0) is 68.9 Å². The van der Waals surface area contributed by atoms with E-state index in [2.05, 4.69) is 16.1 Å². The molecule has 0 heterocycles. The molecule has 0 saturated carbocycles. The molecule has 0 spiro atoms. The number of rotatable bonds is 6. The monoisotopic (exact) mass is 398 g/mol. The summed E-state index contributed by atoms with van der Waals surface area (Å²) >= 11 is 0. The highest BCUT2D eigenvalue weighted by atomic mass is 32.2. The molecule has 1 aliphatic carbocycles. The zero-order valence-electron chi connectivity index (χ0n) is 16.3. The van der Waals surface area contributed by atoms with Crippen LogP contribution in [0.5, 0.6) is 0 Å². The average Bonchev–Trinajstić information content (AvgIpc) is 2.69. The Hall–Kier alpha value is -2.60. The van der Waals surface area contributed by atoms with E-state index in [-0.39, 0.29) is 10.8 Å². The molecule has 5 nitrogen and oxygen atoms in total. The van der Waals surface area contributed by atoms with Crippen LogP contribution in [0.15, 0.2) is 59.0 Å². The maximum atomic E-state index is 12.9. The second kappa shape index (κ2) is 8.61. The van der Waals surface area contributed by atoms with Gasteiger partial charge in [-0.15, -0.1) is 0 Å². The molecule has 2 aromatic carbocycles. The van der Waals surface area contributed by atoms with Crippen LogP contribution in [-0.2, 0) is 10.0 Å². The molecule has 0 fully saturated rings. The maximum absolute atomic E-state index is 12.9. The summed E-state index contributed by atoms with van der Waals surface area (Å²) in [5, 5.41) is 2.90. The van der Waals surface area contributed by atoms with Crippen molar-refractivity contribution in [2.75, 3.05) is 11.3 Å². The molecule has 0 bridgehead atoms. The highest BCUT2D eigenvalue weighted by molar-refractivity contribution is 7.92. The first-order chi connectivity index (χ1) is 13.4. The first kappa shape index (κ1) is 20.1. The van der Waals surface area contributed by atoms with Crippen LogP contribution in [0.1, 0.15) is 47.2 Å². The molecule has 1 aliphatic rings. The third-order valence-electron chi connectivity index (χ3n) is 4.99. The third kappa shape index (κ3) is 4.81. The number of para-hydroxylation sites is 1. The quantitative estimate of drug-likeness (QED) is 0.711. The standard InChI is InChI=1S/C22H26N2O3S/c1-16-8-6-7-11-20(16)24-28(26,27)21-14-19(13-12-17(21)2)22(25)23-15-18-9-4-3-5-10-18/h6-9,11-14,24H,3-5,10,15H2,1-2H3,(H,23,25). The predicted molar refractivity (Wildman–Crippen MR) is 112 cm³/mol. The number of anilines is 1. The van der Waals surface area contributed by atoms with Gasteiger partial charge in [0.15, 0.2) is 0 Å². The van der Waals surface area contributed by atoms with Crippen molar-refractivity contribution in [1.82, 2.24) is 5.32 Å². The number of nitrogens with one attached hydrogen (secondary N) is 2. The SMILES string of the molecule is Cc1ccccc1NS(=O)(=O)c1cc(C(=O)NCC2=CCCCC2)ccc1C. The lowest BCUT2D eigenvalue weighted by Gasteiger charge is -2.15. The summed E-state index contributed by atoms with van der Waals surface area (Å²) in [5.74, 6) is -0.265. The molecule has 0 atom stereocenters. The Balaban J connectivity index is 1.79. The summed E-state index contributed by atoms with van der Waals surface area (Å²) in [6.07, 6.45) is 6.60. The van der Waals surface area contributed by atoms with E-state index in [0.717, 1.165) is 24.8 Å². The summed E-state index contributed by atoms with van der Waals surface area (Å²) in [7, 11) is -3.80. The van der Waals surface area contributed by atoms with Gasteiger partial charge < -0.3 is 5.32 Å². The van der Waals surface area contributed by atoms with Gasteiger partial charge in [0.25, 0.3) is 15.9 Å². The molecule has 1 amide bonds. The Kier molecular flexibility index (Phi) is 6.19. The lowest BCUT2D eigenvalue weighted by molar-refractivity contribution is 0.0956. The van der Waals surface area contributed by atoms with Crippen molar-refractivity contribution in [2.45, 2.75) is 44.4 Å². The number of sulfonamides is 1. The summed E-state index contributed by atoms with van der Waals surface area (Å²) in [6.45, 7) is 4.08. The summed E-state index contributed by atoms with van der Waals surface area (Å²) in [5.41, 5.74) is 3.53. The number of allylic oxidation sites excluding steroid dienone is 1. The maximum Gasteiger partial charge on any atom is 0.262 e. The molecule has 0 aromatic heterocycles. The van der Waals surface area contributed by atoms with Gasteiger partial charge in [-0.25, -0.2) is 8.42 Å². The van der Waals surface area contributed by atoms with E-state index in [1.54, 1.807) is 31.2 Å². The molecule has 2 N–H and O–H groups in total. The van der Waals surface area contributed by atoms with Crippen LogP contribution in [-0.4, -0.2) is 20.9 Å². The van der Waals surface area contributed by atoms with Crippen molar-refractivity contribution in [3.63, 3.8) is 0 Å². The highest BCUT2D eigenvalue weighted by Gasteiger charge is 2.20. The van der Waals surface area contributed by atoms with Gasteiger partial charge in [0.05, 0.1) is 10.6 Å². The fourth-order valence-corrected chi connectivity index (χ4v) is 4.68. The van der Waals surface area contributed by atoms with E-state index in [0.29, 0.717) is 23.4 Å². The van der Waals surface area contributed by atoms with Crippen LogP contribution < -0.4 is 10.0 Å². The Labute approximate surface area is 166 Å². The number of carbonyl (C=O) groups is 1. The number of benzene rings is 2. The highest BCUT2D eigenvalue weighted by Crippen LogP contribution is 2.23. The van der Waals surface area contributed by atoms with Crippen LogP contribution in [0.3, 0.4) is 0 Å². The fraction of sp³-hybridized carbons (Fsp3) is 0.318. The van der Waals surface area contributed by atoms with E-state index < -0.39 is 10.0 Å². The van der Waals surface area contributed by atoms with Crippen molar-refractivity contribution < 1.29 is 13.2 Å². The number of aryl methyl sites for hydroxylation is 2. The molecule has 2 aromatic rings. The Bertz CT molecular complexity index is 1010. The first-order valence-corrected chi connectivity index (χ1v) is 11.0. The van der Waals surface area contributed by atoms with Gasteiger partial charge >= 0.3 is 0 Å². The van der Waals surface area contributed by atoms with Crippen LogP contribution in [0.4, 0.5) is 5.69 Å². The van der Waals surface area contributed by atoms with Crippen molar-refractivity contribution in [1.29, 1.82) is 0 Å². The largest absolute Gasteiger partial charge is 0.348 e. The minimum Gasteiger partial charge on any atom is -0.348 e. The van der Waals surface area contributed by atoms with E-state index in [1.165, 1.54) is 18.1 Å². The van der Waals surface area contributed by atoms with E-state index in [4.69, 9.17) is 0 Å². The number of carbonyl (C=O) groups excluding carboxylic acids is 1. The fourth-order valence-electron chi connectivity index (χ4n) is 3.28. The van der Waals surface area contributed by atoms with E-state index in [9.17, 15) is 13.2 Å². The molecule has 0 radical (unpaired) electrons. The van der Waals surface area contributed by atoms with Gasteiger partial charge in [0.2, 0.25) is 0 Å². The van der Waals surface area contributed by atoms with Crippen molar-refractivity contribution >= 4 is 21.6 Å². The van der Waals surface area contributed by atoms with Crippen LogP contribution in [0.2, 0.25) is 0 Å². The van der Waals surface area contributed by atoms with Crippen LogP contribution in [0.25, 0.3) is 0 Å². The summed E-state index contributed by atoms with van der Waals surface area (Å²) < 4.78 is 28.4. The van der Waals surface area contributed by atoms with Crippen molar-refractivity contribution in [3.05, 3.63) is 70.8 Å². The second-order valence-corrected chi connectivity index (χ2v) is 8.84. The molecular formula is C22H26N2O3S. The Morgan fingerprint density at radius 2 is 1.82 bits per heavy atom. The number of hydrogen-bond donors (Lipinski definition) is 2. The molecule has 6 heteroatoms. The summed E-state index contributed by atoms with van der Waals surface area (Å²) in [6, 6.07) is 12.0. The molecule has 148 valence electrons. The number of amides is 1. The smallest absolute Gasteiger partial charge is 0.262 e. The molecule has 0 saturated heterocycles. The van der Waals surface area contributed by atoms with Crippen molar-refractivity contribution in [2.24, 2.45) is 0 Å². The second-order valence-electron chi connectivity index (χ2n) is 7.19. The predicted octanol–water partition coefficient (Wildman–Crippen LogP) is 4.33. The topological polar surface area (TPSA) is 75.3 Å². The van der Waals surface area contributed by atoms with E-state index in [1.807, 2.05) is 19.1 Å². The molecule has 0 unspecified atom stereocenters. The normalized spacial score (nSPS) is 14.3. The minimum absolute atomic E-state index is 0.111. The van der Waals surface area contributed by atoms with Crippen molar-refractivity contribution in [3.8, 4) is 0 Å². The molecule has 3 rings (SSSR count). The van der Waals surface area contributed by atoms with E-state index >= 15 is 0 Å². The van der Waals surface area contributed by atoms with Gasteiger partial charge in [-0.3, -0.25) is 9.52 Å². The molecular weight excluding hydrogens is 372 g/mol. The molecule has 0 aliphatic heterocycles. The third-order valence-corrected chi connectivity index (χ3v) is 6.50. The van der Waals surface area contributed by atoms with Gasteiger partial charge in [-0.1, -0.05) is 35.9 Å². The zero-order valence-corrected chi connectivity index (χ0v) is 17.1. The lowest BCUT2D eigenvalue weighted by Crippen LogP contribution is -2.26. The Morgan fingerprint density at radius 1 is 1.04 bits per heavy atom. The van der Waals surface area contributed by atoms with Crippen LogP contribution >= 0.6 is 0 Å². The summed E-state index contributed by atoms with van der Waals surface area (Å²) in [4.78, 5) is 12.6. The lowest BCUT2D eigenvalue weighted by atomic mass is 9.99.